The maximum atomic E-state index is 12.4. The van der Waals surface area contributed by atoms with Crippen molar-refractivity contribution in [3.63, 3.8) is 0 Å². The van der Waals surface area contributed by atoms with Crippen LogP contribution in [0.25, 0.3) is 0 Å². The third-order valence-electron chi connectivity index (χ3n) is 12.3. The maximum absolute atomic E-state index is 12.4. The van der Waals surface area contributed by atoms with E-state index < -0.39 is 0 Å². The molecule has 0 spiro atoms. The first-order valence-electron chi connectivity index (χ1n) is 13.2. The predicted molar refractivity (Wildman–Crippen MR) is 135 cm³/mol. The first-order chi connectivity index (χ1) is 14.4. The molecule has 4 saturated carbocycles. The van der Waals surface area contributed by atoms with Crippen LogP contribution in [0.3, 0.4) is 0 Å². The van der Waals surface area contributed by atoms with Crippen molar-refractivity contribution in [3.05, 3.63) is 31.4 Å². The Morgan fingerprint density at radius 1 is 1.06 bits per heavy atom. The van der Waals surface area contributed by atoms with Crippen LogP contribution < -0.4 is 0 Å². The molecule has 0 aliphatic heterocycles. The van der Waals surface area contributed by atoms with Gasteiger partial charge in [0.25, 0.3) is 0 Å². The van der Waals surface area contributed by atoms with Gasteiger partial charge in [-0.3, -0.25) is 11.7 Å². The van der Waals surface area contributed by atoms with Crippen molar-refractivity contribution >= 4 is 6.29 Å². The second kappa shape index (κ2) is 11.3. The fourth-order valence-corrected chi connectivity index (χ4v) is 9.72. The summed E-state index contributed by atoms with van der Waals surface area (Å²) in [6, 6.07) is 0. The summed E-state index contributed by atoms with van der Waals surface area (Å²) < 4.78 is 0. The van der Waals surface area contributed by atoms with Crippen LogP contribution in [0.4, 0.5) is 0 Å². The van der Waals surface area contributed by atoms with E-state index in [1.165, 1.54) is 32.1 Å². The molecule has 5 aliphatic carbocycles. The van der Waals surface area contributed by atoms with Crippen LogP contribution in [0.2, 0.25) is 0 Å². The molecule has 0 aromatic rings. The van der Waals surface area contributed by atoms with Crippen LogP contribution in [-0.2, 0) is 77.1 Å². The molecule has 5 rings (SSSR count). The van der Waals surface area contributed by atoms with Crippen LogP contribution >= 0.6 is 0 Å². The van der Waals surface area contributed by atoms with Gasteiger partial charge in [-0.25, -0.2) is 0 Å². The Balaban J connectivity index is 0.00000153. The van der Waals surface area contributed by atoms with Gasteiger partial charge in [0.15, 0.2) is 0 Å². The fourth-order valence-electron chi connectivity index (χ4n) is 9.72. The zero-order chi connectivity index (χ0) is 22.4. The Hall–Kier alpha value is 1.79. The molecule has 0 saturated heterocycles. The number of carbonyl (C=O) groups excluding carboxylic acids is 1. The van der Waals surface area contributed by atoms with Gasteiger partial charge < -0.3 is 24.6 Å². The van der Waals surface area contributed by atoms with E-state index in [1.54, 1.807) is 11.5 Å². The Labute approximate surface area is 269 Å². The minimum atomic E-state index is -0.324. The van der Waals surface area contributed by atoms with E-state index in [0.29, 0.717) is 22.2 Å². The summed E-state index contributed by atoms with van der Waals surface area (Å²) in [6.45, 7) is 17.6. The Morgan fingerprint density at radius 3 is 2.34 bits per heavy atom. The van der Waals surface area contributed by atoms with Crippen LogP contribution in [0.1, 0.15) is 106 Å². The van der Waals surface area contributed by atoms with Gasteiger partial charge in [0.05, 0.1) is 0 Å². The average Bonchev–Trinajstić information content (AvgIpc) is 2.71. The zero-order valence-electron chi connectivity index (χ0n) is 23.7. The Kier molecular flexibility index (Phi) is 11.3. The third kappa shape index (κ3) is 4.85. The van der Waals surface area contributed by atoms with Gasteiger partial charge in [0, 0.05) is 72.3 Å². The molecule has 0 amide bonds. The van der Waals surface area contributed by atoms with Crippen LogP contribution in [0.5, 0.6) is 0 Å². The first-order valence-corrected chi connectivity index (χ1v) is 13.2. The molecule has 35 heavy (non-hydrogen) atoms. The molecule has 0 aromatic heterocycles. The maximum Gasteiger partial charge on any atom is 0 e. The molecule has 0 bridgehead atoms. The van der Waals surface area contributed by atoms with Crippen LogP contribution in [0, 0.1) is 70.5 Å². The number of hydrogen-bond donors (Lipinski definition) is 0. The monoisotopic (exact) mass is 760 g/mol. The largest absolute Gasteiger partial charge is 0.544 e. The normalized spacial score (nSPS) is 47.8. The molecule has 3 unspecified atom stereocenters. The molecule has 8 atom stereocenters. The van der Waals surface area contributed by atoms with Crippen molar-refractivity contribution in [2.75, 3.05) is 0 Å². The summed E-state index contributed by atoms with van der Waals surface area (Å²) in [7, 11) is 0. The predicted octanol–water partition coefficient (Wildman–Crippen LogP) is 8.36. The second-order valence-corrected chi connectivity index (χ2v) is 13.9. The summed E-state index contributed by atoms with van der Waals surface area (Å²) >= 11 is 0. The molecule has 196 valence electrons. The van der Waals surface area contributed by atoms with E-state index in [2.05, 4.69) is 67.2 Å². The SMILES string of the molecule is C[C-]1[C@@H](C)CCC2(C)C3CC=C4C5CC(C)(C)CC[C@]5([C-]=O)[CH-]C[C@@]4(C)[C@@]3(C)CC[C@@H]12.[CH3-].[V].[W].[Y]. The van der Waals surface area contributed by atoms with Crippen LogP contribution in [-0.4, -0.2) is 6.29 Å². The number of fused-ring (bicyclic) bond motifs is 7. The van der Waals surface area contributed by atoms with Crippen LogP contribution in [0.15, 0.2) is 11.6 Å². The molecule has 4 fully saturated rings. The zero-order valence-corrected chi connectivity index (χ0v) is 30.8. The van der Waals surface area contributed by atoms with E-state index in [0.717, 1.165) is 43.4 Å². The van der Waals surface area contributed by atoms with Gasteiger partial charge in [-0.2, -0.15) is 25.2 Å². The smallest absolute Gasteiger partial charge is 0 e. The molecule has 0 N–H and O–H groups in total. The van der Waals surface area contributed by atoms with Gasteiger partial charge in [0.2, 0.25) is 0 Å². The molecule has 4 heteroatoms. The van der Waals surface area contributed by atoms with Crippen molar-refractivity contribution < 1.29 is 77.1 Å². The Morgan fingerprint density at radius 2 is 1.71 bits per heavy atom. The van der Waals surface area contributed by atoms with E-state index in [9.17, 15) is 4.79 Å². The molecular formula is C31H48OVWY-4. The van der Waals surface area contributed by atoms with Gasteiger partial charge in [-0.15, -0.1) is 0 Å². The van der Waals surface area contributed by atoms with Gasteiger partial charge in [-0.1, -0.05) is 96.6 Å². The Bertz CT molecular complexity index is 812. The molecular weight excluding hydrogens is 712 g/mol. The summed E-state index contributed by atoms with van der Waals surface area (Å²) in [5, 5.41) is 0. The molecule has 5 aliphatic rings. The standard InChI is InChI=1S/C30H45O.CH3.V.W.Y/c1-20-10-12-27(5)22(21(20)2)11-13-29(7)25(27)9-8-23-24-18-26(3,4)14-16-30(24,19-31)17-15-28(23,29)6;;;;/h8,17,20,22,24-25H,9-16,18H2,1-7H3;1H3;;;/q-3;-1;;;/t20-,22-,24?,25?,27?,28+,29-,30+;;;;/m0..../s1. The van der Waals surface area contributed by atoms with E-state index in [4.69, 9.17) is 0 Å². The van der Waals surface area contributed by atoms with Crippen molar-refractivity contribution in [3.8, 4) is 0 Å². The minimum Gasteiger partial charge on any atom is -0.544 e. The third-order valence-corrected chi connectivity index (χ3v) is 12.3. The minimum absolute atomic E-state index is 0. The fraction of sp³-hybridized carbons (Fsp3) is 0.806. The van der Waals surface area contributed by atoms with Crippen molar-refractivity contribution in [1.82, 2.24) is 0 Å². The molecule has 0 aromatic carbocycles. The van der Waals surface area contributed by atoms with Crippen molar-refractivity contribution in [2.24, 2.45) is 50.7 Å². The van der Waals surface area contributed by atoms with E-state index in [1.807, 2.05) is 0 Å². The number of hydrogen-bond acceptors (Lipinski definition) is 1. The summed E-state index contributed by atoms with van der Waals surface area (Å²) in [6.07, 6.45) is 18.8. The van der Waals surface area contributed by atoms with Crippen molar-refractivity contribution in [2.45, 2.75) is 106 Å². The number of rotatable bonds is 1. The average molecular weight is 760 g/mol. The molecule has 1 nitrogen and oxygen atoms in total. The first kappa shape index (κ1) is 34.8. The quantitative estimate of drug-likeness (QED) is 0.194. The van der Waals surface area contributed by atoms with Gasteiger partial charge >= 0.3 is 0 Å². The molecule has 2 radical (unpaired) electrons. The summed E-state index contributed by atoms with van der Waals surface area (Å²) in [4.78, 5) is 12.4. The topological polar surface area (TPSA) is 17.1 Å². The van der Waals surface area contributed by atoms with E-state index >= 15 is 0 Å². The van der Waals surface area contributed by atoms with Gasteiger partial charge in [-0.05, 0) is 41.4 Å². The van der Waals surface area contributed by atoms with Gasteiger partial charge in [0.1, 0.15) is 0 Å². The van der Waals surface area contributed by atoms with Crippen molar-refractivity contribution in [1.29, 1.82) is 0 Å². The van der Waals surface area contributed by atoms with E-state index in [-0.39, 0.29) is 90.6 Å². The summed E-state index contributed by atoms with van der Waals surface area (Å²) in [5.41, 5.74) is 2.61. The second-order valence-electron chi connectivity index (χ2n) is 13.9. The summed E-state index contributed by atoms with van der Waals surface area (Å²) in [5.74, 6) is 4.51. The molecule has 0 heterocycles. The number of allylic oxidation sites excluding steroid dienone is 2.